The van der Waals surface area contributed by atoms with E-state index in [9.17, 15) is 19.1 Å². The molecule has 1 atom stereocenters. The summed E-state index contributed by atoms with van der Waals surface area (Å²) in [6.07, 6.45) is 1.69. The summed E-state index contributed by atoms with van der Waals surface area (Å²) in [7, 11) is 0. The third-order valence-electron chi connectivity index (χ3n) is 5.90. The zero-order chi connectivity index (χ0) is 27.0. The van der Waals surface area contributed by atoms with Crippen molar-refractivity contribution in [2.24, 2.45) is 4.99 Å². The Bertz CT molecular complexity index is 1740. The van der Waals surface area contributed by atoms with Gasteiger partial charge in [-0.15, -0.1) is 0 Å². The molecule has 6 nitrogen and oxygen atoms in total. The van der Waals surface area contributed by atoms with E-state index in [4.69, 9.17) is 9.73 Å². The zero-order valence-electron chi connectivity index (χ0n) is 19.8. The number of halogens is 3. The van der Waals surface area contributed by atoms with Crippen molar-refractivity contribution < 1.29 is 19.0 Å². The van der Waals surface area contributed by atoms with Gasteiger partial charge >= 0.3 is 5.97 Å². The van der Waals surface area contributed by atoms with Gasteiger partial charge in [-0.1, -0.05) is 53.8 Å². The summed E-state index contributed by atoms with van der Waals surface area (Å²) in [4.78, 5) is 32.4. The highest BCUT2D eigenvalue weighted by Crippen LogP contribution is 2.36. The summed E-state index contributed by atoms with van der Waals surface area (Å²) >= 11 is 7.81. The maximum absolute atomic E-state index is 13.9. The largest absolute Gasteiger partial charge is 0.506 e. The molecule has 0 fully saturated rings. The topological polar surface area (TPSA) is 80.9 Å². The molecule has 0 amide bonds. The molecule has 0 unspecified atom stereocenters. The Morgan fingerprint density at radius 2 is 1.79 bits per heavy atom. The third kappa shape index (κ3) is 4.91. The van der Waals surface area contributed by atoms with Gasteiger partial charge in [-0.3, -0.25) is 9.36 Å². The number of benzene rings is 3. The molecule has 3 aromatic carbocycles. The average Bonchev–Trinajstić information content (AvgIpc) is 3.21. The zero-order valence-corrected chi connectivity index (χ0v) is 23.8. The number of esters is 1. The van der Waals surface area contributed by atoms with Crippen LogP contribution >= 0.6 is 43.2 Å². The van der Waals surface area contributed by atoms with Crippen molar-refractivity contribution in [3.63, 3.8) is 0 Å². The van der Waals surface area contributed by atoms with Crippen LogP contribution in [0.3, 0.4) is 0 Å². The molecule has 192 valence electrons. The van der Waals surface area contributed by atoms with Crippen LogP contribution in [0.2, 0.25) is 0 Å². The van der Waals surface area contributed by atoms with Gasteiger partial charge in [0.25, 0.3) is 5.56 Å². The van der Waals surface area contributed by atoms with Crippen molar-refractivity contribution >= 4 is 60.9 Å². The standard InChI is InChI=1S/C28H19Br2FN2O4S/c1-2-37-27(36)22-23(16-6-4-3-5-7-16)32-28-33(24(22)17-8-10-18(31)11-9-17)26(35)21(38-28)14-15-12-19(29)25(34)20(30)13-15/h3-14,24,34H,2H2,1H3/b21-14-/t24-/m1/s1. The number of ether oxygens (including phenoxy) is 1. The summed E-state index contributed by atoms with van der Waals surface area (Å²) in [5.74, 6) is -0.994. The summed E-state index contributed by atoms with van der Waals surface area (Å²) in [5, 5.41) is 10.1. The lowest BCUT2D eigenvalue weighted by molar-refractivity contribution is -0.138. The number of hydrogen-bond acceptors (Lipinski definition) is 6. The summed E-state index contributed by atoms with van der Waals surface area (Å²) in [5.41, 5.74) is 2.11. The molecule has 10 heteroatoms. The smallest absolute Gasteiger partial charge is 0.338 e. The second kappa shape index (κ2) is 10.8. The summed E-state index contributed by atoms with van der Waals surface area (Å²) in [6.45, 7) is 1.84. The van der Waals surface area contributed by atoms with Crippen molar-refractivity contribution in [1.29, 1.82) is 0 Å². The first-order valence-corrected chi connectivity index (χ1v) is 13.9. The van der Waals surface area contributed by atoms with E-state index < -0.39 is 17.8 Å². The Morgan fingerprint density at radius 1 is 1.13 bits per heavy atom. The molecule has 4 aromatic rings. The van der Waals surface area contributed by atoms with E-state index in [1.807, 2.05) is 30.3 Å². The van der Waals surface area contributed by atoms with E-state index in [-0.39, 0.29) is 23.5 Å². The fraction of sp³-hybridized carbons (Fsp3) is 0.107. The van der Waals surface area contributed by atoms with Gasteiger partial charge in [0.1, 0.15) is 11.6 Å². The van der Waals surface area contributed by atoms with Crippen LogP contribution in [0.5, 0.6) is 5.75 Å². The van der Waals surface area contributed by atoms with Crippen LogP contribution in [-0.4, -0.2) is 22.2 Å². The Hall–Kier alpha value is -3.34. The first-order valence-electron chi connectivity index (χ1n) is 11.5. The molecule has 2 heterocycles. The maximum Gasteiger partial charge on any atom is 0.338 e. The molecule has 0 radical (unpaired) electrons. The number of fused-ring (bicyclic) bond motifs is 1. The maximum atomic E-state index is 13.9. The fourth-order valence-electron chi connectivity index (χ4n) is 4.22. The Morgan fingerprint density at radius 3 is 2.42 bits per heavy atom. The number of rotatable bonds is 5. The van der Waals surface area contributed by atoms with Crippen LogP contribution in [0, 0.1) is 5.82 Å². The second-order valence-corrected chi connectivity index (χ2v) is 11.0. The number of thiazole rings is 1. The van der Waals surface area contributed by atoms with Crippen molar-refractivity contribution in [2.75, 3.05) is 6.61 Å². The number of nitrogens with zero attached hydrogens (tertiary/aromatic N) is 2. The quantitative estimate of drug-likeness (QED) is 0.295. The van der Waals surface area contributed by atoms with E-state index in [1.165, 1.54) is 28.0 Å². The van der Waals surface area contributed by atoms with Crippen LogP contribution in [-0.2, 0) is 9.53 Å². The number of hydrogen-bond donors (Lipinski definition) is 1. The van der Waals surface area contributed by atoms with Crippen LogP contribution < -0.4 is 14.9 Å². The van der Waals surface area contributed by atoms with Gasteiger partial charge in [0, 0.05) is 5.56 Å². The number of carbonyl (C=O) groups is 1. The highest BCUT2D eigenvalue weighted by Gasteiger charge is 2.35. The van der Waals surface area contributed by atoms with Crippen LogP contribution in [0.25, 0.3) is 11.8 Å². The van der Waals surface area contributed by atoms with Gasteiger partial charge in [-0.25, -0.2) is 14.2 Å². The molecule has 38 heavy (non-hydrogen) atoms. The number of aromatic hydroxyl groups is 1. The Labute approximate surface area is 237 Å². The molecule has 1 aliphatic rings. The lowest BCUT2D eigenvalue weighted by Crippen LogP contribution is -2.40. The Kier molecular flexibility index (Phi) is 7.47. The van der Waals surface area contributed by atoms with E-state index >= 15 is 0 Å². The molecule has 0 aliphatic carbocycles. The minimum atomic E-state index is -0.887. The first kappa shape index (κ1) is 26.3. The summed E-state index contributed by atoms with van der Waals surface area (Å²) in [6, 6.07) is 17.4. The predicted octanol–water partition coefficient (Wildman–Crippen LogP) is 5.31. The monoisotopic (exact) mass is 656 g/mol. The van der Waals surface area contributed by atoms with Crippen LogP contribution in [0.15, 0.2) is 91.0 Å². The number of aromatic nitrogens is 1. The Balaban J connectivity index is 1.83. The van der Waals surface area contributed by atoms with Crippen molar-refractivity contribution in [1.82, 2.24) is 4.57 Å². The second-order valence-electron chi connectivity index (χ2n) is 8.32. The highest BCUT2D eigenvalue weighted by molar-refractivity contribution is 9.11. The molecule has 0 bridgehead atoms. The molecular formula is C28H19Br2FN2O4S. The molecule has 0 spiro atoms. The molecule has 0 saturated heterocycles. The molecule has 0 saturated carbocycles. The number of carbonyl (C=O) groups excluding carboxylic acids is 1. The lowest BCUT2D eigenvalue weighted by Gasteiger charge is -2.25. The number of phenols is 1. The van der Waals surface area contributed by atoms with Gasteiger partial charge in [0.15, 0.2) is 4.80 Å². The van der Waals surface area contributed by atoms with E-state index in [0.29, 0.717) is 40.7 Å². The predicted molar refractivity (Wildman–Crippen MR) is 151 cm³/mol. The molecule has 1 N–H and O–H groups in total. The average molecular weight is 658 g/mol. The molecule has 1 aliphatic heterocycles. The molecule has 5 rings (SSSR count). The minimum Gasteiger partial charge on any atom is -0.506 e. The number of phenolic OH excluding ortho intramolecular Hbond substituents is 1. The van der Waals surface area contributed by atoms with E-state index in [0.717, 1.165) is 0 Å². The normalized spacial score (nSPS) is 15.3. The van der Waals surface area contributed by atoms with E-state index in [1.54, 1.807) is 37.3 Å². The van der Waals surface area contributed by atoms with Crippen molar-refractivity contribution in [3.05, 3.63) is 123 Å². The van der Waals surface area contributed by atoms with Crippen LogP contribution in [0.1, 0.15) is 29.7 Å². The van der Waals surface area contributed by atoms with Gasteiger partial charge in [0.2, 0.25) is 0 Å². The lowest BCUT2D eigenvalue weighted by atomic mass is 9.93. The van der Waals surface area contributed by atoms with Gasteiger partial charge in [0.05, 0.1) is 37.4 Å². The van der Waals surface area contributed by atoms with Crippen LogP contribution in [0.4, 0.5) is 4.39 Å². The fourth-order valence-corrected chi connectivity index (χ4v) is 6.44. The first-order chi connectivity index (χ1) is 18.3. The van der Waals surface area contributed by atoms with Crippen molar-refractivity contribution in [3.8, 4) is 5.75 Å². The van der Waals surface area contributed by atoms with E-state index in [2.05, 4.69) is 31.9 Å². The van der Waals surface area contributed by atoms with Gasteiger partial charge < -0.3 is 9.84 Å². The van der Waals surface area contributed by atoms with Gasteiger partial charge in [-0.2, -0.15) is 0 Å². The van der Waals surface area contributed by atoms with Crippen molar-refractivity contribution in [2.45, 2.75) is 13.0 Å². The third-order valence-corrected chi connectivity index (χ3v) is 8.09. The molecular weight excluding hydrogens is 639 g/mol. The highest BCUT2D eigenvalue weighted by atomic mass is 79.9. The minimum absolute atomic E-state index is 0.0477. The van der Waals surface area contributed by atoms with Gasteiger partial charge in [-0.05, 0) is 80.3 Å². The summed E-state index contributed by atoms with van der Waals surface area (Å²) < 4.78 is 22.0. The SMILES string of the molecule is CCOC(=O)C1=C(c2ccccc2)N=c2s/c(=C\c3cc(Br)c(O)c(Br)c3)c(=O)n2[C@@H]1c1ccc(F)cc1. The molecule has 1 aromatic heterocycles.